The highest BCUT2D eigenvalue weighted by atomic mass is 16.7. The molecule has 1 N–H and O–H groups in total. The van der Waals surface area contributed by atoms with Gasteiger partial charge in [0.25, 0.3) is 0 Å². The molecule has 3 rings (SSSR count). The van der Waals surface area contributed by atoms with E-state index in [1.807, 2.05) is 25.1 Å². The second-order valence-electron chi connectivity index (χ2n) is 8.41. The van der Waals surface area contributed by atoms with Crippen LogP contribution in [0.25, 0.3) is 0 Å². The van der Waals surface area contributed by atoms with Crippen LogP contribution in [0.2, 0.25) is 0 Å². The molecule has 29 heavy (non-hydrogen) atoms. The molecule has 1 aliphatic rings. The van der Waals surface area contributed by atoms with Crippen LogP contribution in [-0.4, -0.2) is 32.0 Å². The molecule has 2 aromatic rings. The zero-order chi connectivity index (χ0) is 20.9. The van der Waals surface area contributed by atoms with Gasteiger partial charge in [0.05, 0.1) is 12.2 Å². The van der Waals surface area contributed by atoms with Gasteiger partial charge in [-0.2, -0.15) is 0 Å². The van der Waals surface area contributed by atoms with Gasteiger partial charge in [-0.3, -0.25) is 0 Å². The van der Waals surface area contributed by atoms with Crippen molar-refractivity contribution in [1.82, 2.24) is 5.32 Å². The van der Waals surface area contributed by atoms with E-state index in [0.29, 0.717) is 5.56 Å². The van der Waals surface area contributed by atoms with Crippen LogP contribution in [0, 0.1) is 5.41 Å². The lowest BCUT2D eigenvalue weighted by Gasteiger charge is -2.53. The zero-order valence-electron chi connectivity index (χ0n) is 17.7. The van der Waals surface area contributed by atoms with Gasteiger partial charge in [0.2, 0.25) is 0 Å². The predicted molar refractivity (Wildman–Crippen MR) is 113 cm³/mol. The smallest absolute Gasteiger partial charge is 0.338 e. The summed E-state index contributed by atoms with van der Waals surface area (Å²) in [5.41, 5.74) is 1.98. The van der Waals surface area contributed by atoms with E-state index in [-0.39, 0.29) is 30.1 Å². The summed E-state index contributed by atoms with van der Waals surface area (Å²) in [6.45, 7) is 10.1. The average molecular weight is 398 g/mol. The first-order valence-electron chi connectivity index (χ1n) is 10.2. The minimum atomic E-state index is -0.435. The number of hydrogen-bond acceptors (Lipinski definition) is 5. The maximum Gasteiger partial charge on any atom is 0.338 e. The van der Waals surface area contributed by atoms with Gasteiger partial charge >= 0.3 is 5.97 Å². The maximum atomic E-state index is 11.9. The van der Waals surface area contributed by atoms with Crippen LogP contribution in [0.3, 0.4) is 0 Å². The molecule has 0 spiro atoms. The van der Waals surface area contributed by atoms with Crippen molar-refractivity contribution in [2.45, 2.75) is 45.9 Å². The van der Waals surface area contributed by atoms with Crippen LogP contribution < -0.4 is 10.1 Å². The van der Waals surface area contributed by atoms with Gasteiger partial charge in [-0.1, -0.05) is 51.1 Å². The highest BCUT2D eigenvalue weighted by molar-refractivity contribution is 5.89. The third-order valence-electron chi connectivity index (χ3n) is 5.53. The Balaban J connectivity index is 1.44. The molecule has 0 amide bonds. The van der Waals surface area contributed by atoms with Gasteiger partial charge < -0.3 is 19.5 Å². The highest BCUT2D eigenvalue weighted by Crippen LogP contribution is 2.46. The molecule has 2 aromatic carbocycles. The maximum absolute atomic E-state index is 11.9. The van der Waals surface area contributed by atoms with E-state index in [4.69, 9.17) is 14.2 Å². The fourth-order valence-corrected chi connectivity index (χ4v) is 3.74. The molecule has 0 aliphatic carbocycles. The molecule has 5 nitrogen and oxygen atoms in total. The standard InChI is InChI=1S/C24H31NO4/c1-18(27-16-17-28-22(26)19-8-6-5-7-9-19)29-21-12-10-20(11-13-21)24(14-15-25-24)23(2,3)4/h5-13,18,25H,14-17H2,1-4H3. The molecule has 156 valence electrons. The molecule has 5 heteroatoms. The van der Waals surface area contributed by atoms with Crippen molar-refractivity contribution in [2.24, 2.45) is 5.41 Å². The Hall–Kier alpha value is -2.37. The minimum absolute atomic E-state index is 0.0241. The molecule has 0 saturated carbocycles. The summed E-state index contributed by atoms with van der Waals surface area (Å²) in [5, 5.41) is 3.62. The van der Waals surface area contributed by atoms with E-state index in [1.54, 1.807) is 24.3 Å². The van der Waals surface area contributed by atoms with E-state index < -0.39 is 6.29 Å². The molecule has 1 heterocycles. The molecular weight excluding hydrogens is 366 g/mol. The first-order valence-corrected chi connectivity index (χ1v) is 10.2. The van der Waals surface area contributed by atoms with Crippen LogP contribution in [0.1, 0.15) is 50.0 Å². The normalized spacial score (nSPS) is 19.9. The molecule has 0 radical (unpaired) electrons. The zero-order valence-corrected chi connectivity index (χ0v) is 17.7. The van der Waals surface area contributed by atoms with Gasteiger partial charge in [-0.05, 0) is 55.1 Å². The largest absolute Gasteiger partial charge is 0.465 e. The number of rotatable bonds is 8. The lowest BCUT2D eigenvalue weighted by atomic mass is 9.64. The summed E-state index contributed by atoms with van der Waals surface area (Å²) in [6.07, 6.45) is 0.701. The lowest BCUT2D eigenvalue weighted by Crippen LogP contribution is -2.61. The summed E-state index contributed by atoms with van der Waals surface area (Å²) in [7, 11) is 0. The van der Waals surface area contributed by atoms with E-state index >= 15 is 0 Å². The number of benzene rings is 2. The van der Waals surface area contributed by atoms with Crippen LogP contribution in [0.4, 0.5) is 0 Å². The van der Waals surface area contributed by atoms with Gasteiger partial charge in [0.1, 0.15) is 12.4 Å². The Labute approximate surface area is 173 Å². The van der Waals surface area contributed by atoms with Crippen molar-refractivity contribution >= 4 is 5.97 Å². The summed E-state index contributed by atoms with van der Waals surface area (Å²) in [5.74, 6) is 0.404. The predicted octanol–water partition coefficient (Wildman–Crippen LogP) is 4.52. The van der Waals surface area contributed by atoms with Crippen molar-refractivity contribution in [3.8, 4) is 5.75 Å². The van der Waals surface area contributed by atoms with Gasteiger partial charge in [-0.15, -0.1) is 0 Å². The molecule has 1 fully saturated rings. The third kappa shape index (κ3) is 4.98. The number of nitrogens with one attached hydrogen (secondary N) is 1. The van der Waals surface area contributed by atoms with Crippen molar-refractivity contribution in [1.29, 1.82) is 0 Å². The number of carbonyl (C=O) groups excluding carboxylic acids is 1. The number of esters is 1. The summed E-state index contributed by atoms with van der Waals surface area (Å²) in [6, 6.07) is 17.1. The molecule has 2 unspecified atom stereocenters. The fraction of sp³-hybridized carbons (Fsp3) is 0.458. The molecule has 2 atom stereocenters. The molecule has 0 aromatic heterocycles. The quantitative estimate of drug-likeness (QED) is 0.403. The average Bonchev–Trinajstić information content (AvgIpc) is 2.65. The van der Waals surface area contributed by atoms with Crippen molar-refractivity contribution in [2.75, 3.05) is 19.8 Å². The second kappa shape index (κ2) is 8.97. The first-order chi connectivity index (χ1) is 13.8. The Morgan fingerprint density at radius 1 is 1.07 bits per heavy atom. The summed E-state index contributed by atoms with van der Waals surface area (Å²) < 4.78 is 16.6. The van der Waals surface area contributed by atoms with Gasteiger partial charge in [0, 0.05) is 5.54 Å². The van der Waals surface area contributed by atoms with Crippen LogP contribution in [-0.2, 0) is 15.0 Å². The Morgan fingerprint density at radius 2 is 1.72 bits per heavy atom. The molecule has 1 aliphatic heterocycles. The Morgan fingerprint density at radius 3 is 2.28 bits per heavy atom. The lowest BCUT2D eigenvalue weighted by molar-refractivity contribution is -0.0784. The number of hydrogen-bond donors (Lipinski definition) is 1. The minimum Gasteiger partial charge on any atom is -0.465 e. The monoisotopic (exact) mass is 397 g/mol. The molecular formula is C24H31NO4. The van der Waals surface area contributed by atoms with Gasteiger partial charge in [0.15, 0.2) is 6.29 Å². The Kier molecular flexibility index (Phi) is 6.60. The topological polar surface area (TPSA) is 56.8 Å². The summed E-state index contributed by atoms with van der Waals surface area (Å²) in [4.78, 5) is 11.9. The van der Waals surface area contributed by atoms with Crippen LogP contribution in [0.5, 0.6) is 5.75 Å². The highest BCUT2D eigenvalue weighted by Gasteiger charge is 2.47. The number of ether oxygens (including phenoxy) is 3. The Bertz CT molecular complexity index is 792. The number of carbonyl (C=O) groups is 1. The van der Waals surface area contributed by atoms with Crippen molar-refractivity contribution in [3.63, 3.8) is 0 Å². The van der Waals surface area contributed by atoms with Crippen LogP contribution >= 0.6 is 0 Å². The van der Waals surface area contributed by atoms with Crippen molar-refractivity contribution in [3.05, 3.63) is 65.7 Å². The molecule has 1 saturated heterocycles. The van der Waals surface area contributed by atoms with E-state index in [1.165, 1.54) is 5.56 Å². The van der Waals surface area contributed by atoms with E-state index in [0.717, 1.165) is 18.7 Å². The van der Waals surface area contributed by atoms with Crippen LogP contribution in [0.15, 0.2) is 54.6 Å². The van der Waals surface area contributed by atoms with Crippen molar-refractivity contribution < 1.29 is 19.0 Å². The fourth-order valence-electron chi connectivity index (χ4n) is 3.74. The third-order valence-corrected chi connectivity index (χ3v) is 5.53. The molecule has 0 bridgehead atoms. The second-order valence-corrected chi connectivity index (χ2v) is 8.41. The van der Waals surface area contributed by atoms with E-state index in [2.05, 4.69) is 38.2 Å². The van der Waals surface area contributed by atoms with Gasteiger partial charge in [-0.25, -0.2) is 4.79 Å². The first kappa shape index (κ1) is 21.3. The summed E-state index contributed by atoms with van der Waals surface area (Å²) >= 11 is 0. The van der Waals surface area contributed by atoms with E-state index in [9.17, 15) is 4.79 Å². The SMILES string of the molecule is CC(OCCOC(=O)c1ccccc1)Oc1ccc(C2(C(C)(C)C)CCN2)cc1.